The quantitative estimate of drug-likeness (QED) is 0.553. The minimum Gasteiger partial charge on any atom is -0.395 e. The van der Waals surface area contributed by atoms with E-state index >= 15 is 0 Å². The second-order valence-corrected chi connectivity index (χ2v) is 8.53. The summed E-state index contributed by atoms with van der Waals surface area (Å²) in [7, 11) is 0. The molecule has 1 aliphatic heterocycles. The first-order valence-electron chi connectivity index (χ1n) is 10.8. The largest absolute Gasteiger partial charge is 0.395 e. The van der Waals surface area contributed by atoms with Gasteiger partial charge in [-0.3, -0.25) is 9.20 Å². The van der Waals surface area contributed by atoms with Gasteiger partial charge in [0.25, 0.3) is 5.56 Å². The van der Waals surface area contributed by atoms with Crippen molar-refractivity contribution >= 4 is 11.3 Å². The second-order valence-electron chi connectivity index (χ2n) is 8.53. The van der Waals surface area contributed by atoms with Crippen LogP contribution in [0.2, 0.25) is 0 Å². The van der Waals surface area contributed by atoms with Crippen molar-refractivity contribution in [2.24, 2.45) is 0 Å². The van der Waals surface area contributed by atoms with Crippen molar-refractivity contribution in [2.45, 2.75) is 32.6 Å². The van der Waals surface area contributed by atoms with E-state index in [9.17, 15) is 4.79 Å². The standard InChI is InChI=1S/C24H27N5O2/c1-16-11-20(14-28-13-17(2)25-24(16)28)21-12-23(31)29-15-19(3-4-22(29)26-21)18-5-7-27(8-6-18)9-10-30/h3-4,11-15,18,30H,5-10H2,1-2H3. The third-order valence-electron chi connectivity index (χ3n) is 6.31. The van der Waals surface area contributed by atoms with Crippen molar-refractivity contribution in [1.82, 2.24) is 23.7 Å². The zero-order valence-corrected chi connectivity index (χ0v) is 18.0. The van der Waals surface area contributed by atoms with Gasteiger partial charge in [-0.25, -0.2) is 9.97 Å². The van der Waals surface area contributed by atoms with Crippen molar-refractivity contribution in [1.29, 1.82) is 0 Å². The monoisotopic (exact) mass is 417 g/mol. The van der Waals surface area contributed by atoms with Crippen LogP contribution >= 0.6 is 0 Å². The van der Waals surface area contributed by atoms with Crippen molar-refractivity contribution in [2.75, 3.05) is 26.2 Å². The van der Waals surface area contributed by atoms with E-state index in [-0.39, 0.29) is 12.2 Å². The molecule has 1 fully saturated rings. The van der Waals surface area contributed by atoms with E-state index in [2.05, 4.69) is 16.0 Å². The SMILES string of the molecule is Cc1cn2cc(-c3cc(=O)n4cc(C5CCN(CCO)CC5)ccc4n3)cc(C)c2n1. The molecule has 0 aliphatic carbocycles. The summed E-state index contributed by atoms with van der Waals surface area (Å²) in [5.74, 6) is 0.431. The third-order valence-corrected chi connectivity index (χ3v) is 6.31. The molecule has 4 aromatic rings. The van der Waals surface area contributed by atoms with Crippen LogP contribution in [0.15, 0.2) is 47.7 Å². The average molecular weight is 418 g/mol. The number of piperidine rings is 1. The Morgan fingerprint density at radius 1 is 1.06 bits per heavy atom. The molecule has 0 bridgehead atoms. The number of aliphatic hydroxyl groups is 1. The molecule has 5 rings (SSSR count). The van der Waals surface area contributed by atoms with Gasteiger partial charge < -0.3 is 14.4 Å². The summed E-state index contributed by atoms with van der Waals surface area (Å²) >= 11 is 0. The van der Waals surface area contributed by atoms with E-state index in [1.807, 2.05) is 49.0 Å². The van der Waals surface area contributed by atoms with E-state index in [0.717, 1.165) is 54.9 Å². The predicted molar refractivity (Wildman–Crippen MR) is 121 cm³/mol. The number of pyridine rings is 2. The van der Waals surface area contributed by atoms with Gasteiger partial charge >= 0.3 is 0 Å². The molecule has 160 valence electrons. The maximum Gasteiger partial charge on any atom is 0.258 e. The van der Waals surface area contributed by atoms with Crippen molar-refractivity contribution in [3.05, 3.63) is 70.0 Å². The van der Waals surface area contributed by atoms with E-state index in [1.54, 1.807) is 10.5 Å². The first-order chi connectivity index (χ1) is 15.0. The summed E-state index contributed by atoms with van der Waals surface area (Å²) in [4.78, 5) is 24.6. The normalized spacial score (nSPS) is 15.8. The van der Waals surface area contributed by atoms with Crippen LogP contribution in [0.3, 0.4) is 0 Å². The van der Waals surface area contributed by atoms with E-state index < -0.39 is 0 Å². The predicted octanol–water partition coefficient (Wildman–Crippen LogP) is 2.80. The minimum atomic E-state index is -0.0703. The highest BCUT2D eigenvalue weighted by Gasteiger charge is 2.21. The molecule has 0 radical (unpaired) electrons. The van der Waals surface area contributed by atoms with Crippen LogP contribution in [0.1, 0.15) is 35.6 Å². The molecule has 4 aromatic heterocycles. The molecule has 5 heterocycles. The van der Waals surface area contributed by atoms with Gasteiger partial charge in [-0.2, -0.15) is 0 Å². The van der Waals surface area contributed by atoms with Gasteiger partial charge in [0.15, 0.2) is 0 Å². The zero-order valence-electron chi connectivity index (χ0n) is 18.0. The lowest BCUT2D eigenvalue weighted by Gasteiger charge is -2.31. The van der Waals surface area contributed by atoms with Crippen LogP contribution < -0.4 is 5.56 Å². The molecule has 31 heavy (non-hydrogen) atoms. The second kappa shape index (κ2) is 7.90. The van der Waals surface area contributed by atoms with Gasteiger partial charge in [-0.05, 0) is 69.0 Å². The fraction of sp³-hybridized carbons (Fsp3) is 0.375. The Bertz CT molecular complexity index is 1320. The van der Waals surface area contributed by atoms with Crippen molar-refractivity contribution < 1.29 is 5.11 Å². The summed E-state index contributed by atoms with van der Waals surface area (Å²) in [5, 5.41) is 9.13. The van der Waals surface area contributed by atoms with Crippen LogP contribution in [-0.4, -0.2) is 55.0 Å². The highest BCUT2D eigenvalue weighted by Crippen LogP contribution is 2.28. The molecular weight excluding hydrogens is 390 g/mol. The molecule has 7 nitrogen and oxygen atoms in total. The number of imidazole rings is 1. The van der Waals surface area contributed by atoms with Gasteiger partial charge in [0.2, 0.25) is 0 Å². The highest BCUT2D eigenvalue weighted by atomic mass is 16.3. The Morgan fingerprint density at radius 3 is 2.65 bits per heavy atom. The lowest BCUT2D eigenvalue weighted by molar-refractivity contribution is 0.164. The number of aliphatic hydroxyl groups excluding tert-OH is 1. The number of hydrogen-bond acceptors (Lipinski definition) is 5. The molecule has 7 heteroatoms. The topological polar surface area (TPSA) is 75.1 Å². The van der Waals surface area contributed by atoms with Gasteiger partial charge in [0.1, 0.15) is 11.3 Å². The van der Waals surface area contributed by atoms with E-state index in [0.29, 0.717) is 17.3 Å². The van der Waals surface area contributed by atoms with Crippen molar-refractivity contribution in [3.8, 4) is 11.3 Å². The highest BCUT2D eigenvalue weighted by molar-refractivity contribution is 5.65. The number of β-amino-alcohol motifs (C(OH)–C–C–N with tert-alkyl or cyclic N) is 1. The van der Waals surface area contributed by atoms with Crippen LogP contribution in [0.5, 0.6) is 0 Å². The molecule has 1 saturated heterocycles. The van der Waals surface area contributed by atoms with Gasteiger partial charge in [-0.1, -0.05) is 6.07 Å². The Balaban J connectivity index is 1.48. The van der Waals surface area contributed by atoms with Crippen molar-refractivity contribution in [3.63, 3.8) is 0 Å². The first-order valence-corrected chi connectivity index (χ1v) is 10.8. The molecule has 0 amide bonds. The Morgan fingerprint density at radius 2 is 1.87 bits per heavy atom. The minimum absolute atomic E-state index is 0.0703. The molecule has 0 atom stereocenters. The molecule has 0 spiro atoms. The fourth-order valence-corrected chi connectivity index (χ4v) is 4.67. The van der Waals surface area contributed by atoms with Crippen LogP contribution in [-0.2, 0) is 0 Å². The van der Waals surface area contributed by atoms with Crippen LogP contribution in [0.25, 0.3) is 22.6 Å². The summed E-state index contributed by atoms with van der Waals surface area (Å²) in [6, 6.07) is 7.71. The Hall–Kier alpha value is -3.03. The zero-order chi connectivity index (χ0) is 21.5. The Labute approximate surface area is 180 Å². The number of fused-ring (bicyclic) bond motifs is 2. The molecule has 0 unspecified atom stereocenters. The van der Waals surface area contributed by atoms with Crippen LogP contribution in [0, 0.1) is 13.8 Å². The van der Waals surface area contributed by atoms with Crippen LogP contribution in [0.4, 0.5) is 0 Å². The fourth-order valence-electron chi connectivity index (χ4n) is 4.67. The molecule has 1 N–H and O–H groups in total. The third kappa shape index (κ3) is 3.75. The number of likely N-dealkylation sites (tertiary alicyclic amines) is 1. The number of aryl methyl sites for hydroxylation is 2. The number of nitrogens with zero attached hydrogens (tertiary/aromatic N) is 5. The summed E-state index contributed by atoms with van der Waals surface area (Å²) in [5.41, 5.74) is 6.28. The molecule has 0 aromatic carbocycles. The smallest absolute Gasteiger partial charge is 0.258 e. The molecular formula is C24H27N5O2. The summed E-state index contributed by atoms with van der Waals surface area (Å²) in [6.07, 6.45) is 7.99. The maximum atomic E-state index is 13.0. The molecule has 0 saturated carbocycles. The lowest BCUT2D eigenvalue weighted by Crippen LogP contribution is -2.35. The van der Waals surface area contributed by atoms with Gasteiger partial charge in [-0.15, -0.1) is 0 Å². The number of rotatable bonds is 4. The number of aromatic nitrogens is 4. The average Bonchev–Trinajstić information content (AvgIpc) is 3.15. The number of hydrogen-bond donors (Lipinski definition) is 1. The first kappa shape index (κ1) is 19.9. The van der Waals surface area contributed by atoms with E-state index in [1.165, 1.54) is 5.56 Å². The van der Waals surface area contributed by atoms with Gasteiger partial charge in [0.05, 0.1) is 18.0 Å². The maximum absolute atomic E-state index is 13.0. The summed E-state index contributed by atoms with van der Waals surface area (Å²) in [6.45, 7) is 6.89. The van der Waals surface area contributed by atoms with E-state index in [4.69, 9.17) is 10.1 Å². The van der Waals surface area contributed by atoms with Gasteiger partial charge in [0, 0.05) is 36.8 Å². The Kier molecular flexibility index (Phi) is 5.08. The molecule has 1 aliphatic rings. The lowest BCUT2D eigenvalue weighted by atomic mass is 9.90. The summed E-state index contributed by atoms with van der Waals surface area (Å²) < 4.78 is 3.65.